The molecular formula is C19H20F3N5OS. The lowest BCUT2D eigenvalue weighted by Gasteiger charge is -2.22. The van der Waals surface area contributed by atoms with E-state index in [1.165, 1.54) is 11.3 Å². The minimum absolute atomic E-state index is 0.0251. The first-order valence-electron chi connectivity index (χ1n) is 9.28. The van der Waals surface area contributed by atoms with Gasteiger partial charge in [0.1, 0.15) is 0 Å². The van der Waals surface area contributed by atoms with Crippen LogP contribution in [0.15, 0.2) is 24.3 Å². The van der Waals surface area contributed by atoms with Gasteiger partial charge in [0.05, 0.1) is 16.1 Å². The van der Waals surface area contributed by atoms with Gasteiger partial charge in [0.2, 0.25) is 0 Å². The number of hydrogen-bond donors (Lipinski definition) is 0. The number of carbonyl (C=O) groups is 1. The van der Waals surface area contributed by atoms with Crippen LogP contribution in [0.3, 0.4) is 0 Å². The summed E-state index contributed by atoms with van der Waals surface area (Å²) >= 11 is 1.48. The fourth-order valence-corrected chi connectivity index (χ4v) is 4.45. The highest BCUT2D eigenvalue weighted by atomic mass is 32.1. The van der Waals surface area contributed by atoms with Crippen LogP contribution in [0.25, 0.3) is 16.0 Å². The molecule has 29 heavy (non-hydrogen) atoms. The Morgan fingerprint density at radius 2 is 1.79 bits per heavy atom. The van der Waals surface area contributed by atoms with Gasteiger partial charge in [0.25, 0.3) is 0 Å². The van der Waals surface area contributed by atoms with Gasteiger partial charge in [-0.2, -0.15) is 23.3 Å². The molecule has 0 saturated carbocycles. The van der Waals surface area contributed by atoms with Crippen molar-refractivity contribution in [3.8, 4) is 5.69 Å². The summed E-state index contributed by atoms with van der Waals surface area (Å²) in [6.45, 7) is 4.92. The Hall–Kier alpha value is -2.62. The van der Waals surface area contributed by atoms with Gasteiger partial charge in [-0.1, -0.05) is 29.0 Å². The van der Waals surface area contributed by atoms with Crippen LogP contribution in [0.1, 0.15) is 17.7 Å². The second kappa shape index (κ2) is 7.33. The predicted molar refractivity (Wildman–Crippen MR) is 106 cm³/mol. The zero-order chi connectivity index (χ0) is 20.8. The van der Waals surface area contributed by atoms with Gasteiger partial charge in [0.15, 0.2) is 10.8 Å². The van der Waals surface area contributed by atoms with E-state index in [4.69, 9.17) is 4.98 Å². The van der Waals surface area contributed by atoms with Crippen molar-refractivity contribution in [3.05, 3.63) is 35.5 Å². The first-order valence-corrected chi connectivity index (χ1v) is 10.1. The first-order chi connectivity index (χ1) is 13.7. The summed E-state index contributed by atoms with van der Waals surface area (Å²) in [4.78, 5) is 19.1. The molecule has 0 unspecified atom stereocenters. The first kappa shape index (κ1) is 19.7. The molecule has 1 aliphatic heterocycles. The molecule has 4 rings (SSSR count). The fraction of sp³-hybridized carbons (Fsp3) is 0.421. The van der Waals surface area contributed by atoms with Gasteiger partial charge < -0.3 is 9.80 Å². The Morgan fingerprint density at radius 3 is 2.48 bits per heavy atom. The lowest BCUT2D eigenvalue weighted by molar-refractivity contribution is -0.185. The second-order valence-corrected chi connectivity index (χ2v) is 8.09. The highest BCUT2D eigenvalue weighted by Crippen LogP contribution is 2.33. The van der Waals surface area contributed by atoms with Crippen LogP contribution in [0.4, 0.5) is 18.3 Å². The minimum Gasteiger partial charge on any atom is -0.346 e. The van der Waals surface area contributed by atoms with Crippen LogP contribution in [-0.2, 0) is 4.79 Å². The minimum atomic E-state index is -4.83. The van der Waals surface area contributed by atoms with E-state index < -0.39 is 12.1 Å². The number of halogens is 3. The molecule has 0 atom stereocenters. The number of amides is 1. The molecule has 0 spiro atoms. The number of thiazole rings is 1. The lowest BCUT2D eigenvalue weighted by atomic mass is 10.2. The quantitative estimate of drug-likeness (QED) is 0.631. The number of benzene rings is 1. The van der Waals surface area contributed by atoms with Gasteiger partial charge in [0, 0.05) is 26.2 Å². The third-order valence-electron chi connectivity index (χ3n) is 4.95. The summed E-state index contributed by atoms with van der Waals surface area (Å²) < 4.78 is 40.9. The Labute approximate surface area is 169 Å². The van der Waals surface area contributed by atoms with Gasteiger partial charge in [-0.3, -0.25) is 4.79 Å². The third kappa shape index (κ3) is 3.81. The molecule has 10 heteroatoms. The molecule has 0 aliphatic carbocycles. The van der Waals surface area contributed by atoms with Gasteiger partial charge >= 0.3 is 12.1 Å². The topological polar surface area (TPSA) is 54.3 Å². The van der Waals surface area contributed by atoms with E-state index in [0.717, 1.165) is 37.3 Å². The number of rotatable bonds is 2. The SMILES string of the molecule is Cc1ccc(-n2nc(C)c3sc(N4CCCN(C(=O)C(F)(F)F)CC4)nc32)cc1. The number of fused-ring (bicyclic) bond motifs is 1. The van der Waals surface area contributed by atoms with Gasteiger partial charge in [-0.25, -0.2) is 4.68 Å². The Morgan fingerprint density at radius 1 is 1.07 bits per heavy atom. The number of aryl methyl sites for hydroxylation is 2. The molecule has 1 aromatic carbocycles. The number of hydrogen-bond acceptors (Lipinski definition) is 5. The molecule has 0 N–H and O–H groups in total. The average molecular weight is 423 g/mol. The van der Waals surface area contributed by atoms with Gasteiger partial charge in [-0.05, 0) is 32.4 Å². The largest absolute Gasteiger partial charge is 0.471 e. The van der Waals surface area contributed by atoms with Crippen molar-refractivity contribution in [1.29, 1.82) is 0 Å². The molecule has 0 bridgehead atoms. The molecule has 3 heterocycles. The summed E-state index contributed by atoms with van der Waals surface area (Å²) in [5.74, 6) is -1.77. The van der Waals surface area contributed by atoms with E-state index in [2.05, 4.69) is 5.10 Å². The van der Waals surface area contributed by atoms with Crippen molar-refractivity contribution in [1.82, 2.24) is 19.7 Å². The van der Waals surface area contributed by atoms with Crippen molar-refractivity contribution in [3.63, 3.8) is 0 Å². The normalized spacial score (nSPS) is 15.8. The molecule has 1 aliphatic rings. The predicted octanol–water partition coefficient (Wildman–Crippen LogP) is 3.70. The lowest BCUT2D eigenvalue weighted by Crippen LogP contribution is -2.43. The average Bonchev–Trinajstić information content (AvgIpc) is 3.13. The summed E-state index contributed by atoms with van der Waals surface area (Å²) in [6.07, 6.45) is -4.37. The molecule has 2 aromatic heterocycles. The monoisotopic (exact) mass is 423 g/mol. The molecule has 1 fully saturated rings. The van der Waals surface area contributed by atoms with Crippen LogP contribution >= 0.6 is 11.3 Å². The number of anilines is 1. The van der Waals surface area contributed by atoms with E-state index in [0.29, 0.717) is 19.5 Å². The third-order valence-corrected chi connectivity index (χ3v) is 6.17. The Bertz CT molecular complexity index is 1040. The number of nitrogens with zero attached hydrogens (tertiary/aromatic N) is 5. The summed E-state index contributed by atoms with van der Waals surface area (Å²) in [7, 11) is 0. The number of carbonyl (C=O) groups excluding carboxylic acids is 1. The maximum absolute atomic E-state index is 12.7. The van der Waals surface area contributed by atoms with Crippen LogP contribution < -0.4 is 4.90 Å². The molecule has 154 valence electrons. The van der Waals surface area contributed by atoms with Crippen molar-refractivity contribution < 1.29 is 18.0 Å². The van der Waals surface area contributed by atoms with E-state index in [1.807, 2.05) is 43.0 Å². The molecule has 0 radical (unpaired) electrons. The Balaban J connectivity index is 1.59. The summed E-state index contributed by atoms with van der Waals surface area (Å²) in [6, 6.07) is 7.97. The van der Waals surface area contributed by atoms with E-state index in [9.17, 15) is 18.0 Å². The van der Waals surface area contributed by atoms with Crippen LogP contribution in [0, 0.1) is 13.8 Å². The number of alkyl halides is 3. The van der Waals surface area contributed by atoms with E-state index >= 15 is 0 Å². The standard InChI is InChI=1S/C19H20F3N5OS/c1-12-4-6-14(7-5-12)27-16-15(13(2)24-27)29-18(23-16)26-9-3-8-25(10-11-26)17(28)19(20,21)22/h4-7H,3,8-11H2,1-2H3. The van der Waals surface area contributed by atoms with Crippen molar-refractivity contribution in [2.75, 3.05) is 31.1 Å². The van der Waals surface area contributed by atoms with Gasteiger partial charge in [-0.15, -0.1) is 0 Å². The van der Waals surface area contributed by atoms with Crippen LogP contribution in [0.5, 0.6) is 0 Å². The molecule has 1 saturated heterocycles. The smallest absolute Gasteiger partial charge is 0.346 e. The highest BCUT2D eigenvalue weighted by Gasteiger charge is 2.42. The second-order valence-electron chi connectivity index (χ2n) is 7.11. The maximum atomic E-state index is 12.7. The summed E-state index contributed by atoms with van der Waals surface area (Å²) in [5, 5.41) is 5.32. The van der Waals surface area contributed by atoms with Crippen molar-refractivity contribution >= 4 is 32.7 Å². The van der Waals surface area contributed by atoms with E-state index in [-0.39, 0.29) is 13.1 Å². The van der Waals surface area contributed by atoms with Crippen LogP contribution in [0.2, 0.25) is 0 Å². The highest BCUT2D eigenvalue weighted by molar-refractivity contribution is 7.22. The van der Waals surface area contributed by atoms with E-state index in [1.54, 1.807) is 4.68 Å². The van der Waals surface area contributed by atoms with Crippen LogP contribution in [-0.4, -0.2) is 57.9 Å². The maximum Gasteiger partial charge on any atom is 0.471 e. The Kier molecular flexibility index (Phi) is 4.97. The molecule has 1 amide bonds. The van der Waals surface area contributed by atoms with Crippen molar-refractivity contribution in [2.24, 2.45) is 0 Å². The fourth-order valence-electron chi connectivity index (χ4n) is 3.42. The zero-order valence-electron chi connectivity index (χ0n) is 16.0. The summed E-state index contributed by atoms with van der Waals surface area (Å²) in [5.41, 5.74) is 3.64. The molecule has 3 aromatic rings. The molecular weight excluding hydrogens is 403 g/mol. The molecule has 6 nitrogen and oxygen atoms in total. The van der Waals surface area contributed by atoms with Crippen molar-refractivity contribution in [2.45, 2.75) is 26.4 Å². The zero-order valence-corrected chi connectivity index (χ0v) is 16.8. The number of aromatic nitrogens is 3.